The Bertz CT molecular complexity index is 371. The molecule has 1 fully saturated rings. The van der Waals surface area contributed by atoms with Crippen molar-refractivity contribution in [2.45, 2.75) is 12.5 Å². The zero-order chi connectivity index (χ0) is 10.7. The van der Waals surface area contributed by atoms with Crippen molar-refractivity contribution in [3.8, 4) is 6.07 Å². The largest absolute Gasteiger partial charge is 0.355 e. The average molecular weight is 239 g/mol. The third-order valence-corrected chi connectivity index (χ3v) is 2.80. The van der Waals surface area contributed by atoms with Crippen LogP contribution in [0.3, 0.4) is 0 Å². The number of hydrogen-bond donors (Lipinski definition) is 1. The van der Waals surface area contributed by atoms with Gasteiger partial charge in [0.25, 0.3) is 0 Å². The number of halogens is 1. The third kappa shape index (κ3) is 2.63. The molecule has 16 heavy (non-hydrogen) atoms. The summed E-state index contributed by atoms with van der Waals surface area (Å²) < 4.78 is 0. The standard InChI is InChI=1S/C11H14N4.ClH/c1-13-10-4-5-15(8-10)11-3-2-9(6-12)7-14-11;/h2-3,7,10,13H,4-5,8H2,1H3;1H. The van der Waals surface area contributed by atoms with Gasteiger partial charge in [-0.3, -0.25) is 0 Å². The van der Waals surface area contributed by atoms with Gasteiger partial charge in [-0.2, -0.15) is 5.26 Å². The van der Waals surface area contributed by atoms with Crippen LogP contribution >= 0.6 is 12.4 Å². The Kier molecular flexibility index (Phi) is 4.53. The molecule has 1 atom stereocenters. The van der Waals surface area contributed by atoms with Crippen LogP contribution in [0.25, 0.3) is 0 Å². The molecule has 0 radical (unpaired) electrons. The first-order valence-corrected chi connectivity index (χ1v) is 5.12. The molecule has 2 rings (SSSR count). The fourth-order valence-corrected chi connectivity index (χ4v) is 1.84. The molecule has 4 nitrogen and oxygen atoms in total. The number of aromatic nitrogens is 1. The highest BCUT2D eigenvalue weighted by atomic mass is 35.5. The fourth-order valence-electron chi connectivity index (χ4n) is 1.84. The van der Waals surface area contributed by atoms with Gasteiger partial charge in [0, 0.05) is 25.3 Å². The number of pyridine rings is 1. The first-order chi connectivity index (χ1) is 7.33. The summed E-state index contributed by atoms with van der Waals surface area (Å²) in [5, 5.41) is 11.9. The van der Waals surface area contributed by atoms with Crippen molar-refractivity contribution in [3.05, 3.63) is 23.9 Å². The minimum atomic E-state index is 0. The Balaban J connectivity index is 0.00000128. The predicted octanol–water partition coefficient (Wildman–Crippen LogP) is 1.17. The molecule has 1 N–H and O–H groups in total. The highest BCUT2D eigenvalue weighted by Crippen LogP contribution is 2.17. The lowest BCUT2D eigenvalue weighted by Crippen LogP contribution is -2.29. The summed E-state index contributed by atoms with van der Waals surface area (Å²) in [7, 11) is 1.99. The number of anilines is 1. The van der Waals surface area contributed by atoms with Crippen LogP contribution in [0.15, 0.2) is 18.3 Å². The zero-order valence-electron chi connectivity index (χ0n) is 9.18. The monoisotopic (exact) mass is 238 g/mol. The molecule has 0 bridgehead atoms. The van der Waals surface area contributed by atoms with E-state index in [4.69, 9.17) is 5.26 Å². The number of nitrogens with one attached hydrogen (secondary N) is 1. The van der Waals surface area contributed by atoms with Gasteiger partial charge in [-0.15, -0.1) is 12.4 Å². The van der Waals surface area contributed by atoms with E-state index in [1.165, 1.54) is 0 Å². The number of nitriles is 1. The number of nitrogens with zero attached hydrogens (tertiary/aromatic N) is 3. The van der Waals surface area contributed by atoms with Crippen molar-refractivity contribution in [1.29, 1.82) is 5.26 Å². The number of rotatable bonds is 2. The quantitative estimate of drug-likeness (QED) is 0.841. The van der Waals surface area contributed by atoms with Gasteiger partial charge in [0.05, 0.1) is 5.56 Å². The van der Waals surface area contributed by atoms with E-state index >= 15 is 0 Å². The van der Waals surface area contributed by atoms with Crippen LogP contribution in [0.5, 0.6) is 0 Å². The van der Waals surface area contributed by atoms with Gasteiger partial charge in [0.2, 0.25) is 0 Å². The summed E-state index contributed by atoms with van der Waals surface area (Å²) in [6.45, 7) is 2.03. The maximum absolute atomic E-state index is 8.66. The molecular formula is C11H15ClN4. The van der Waals surface area contributed by atoms with Crippen LogP contribution in [0.1, 0.15) is 12.0 Å². The molecule has 0 amide bonds. The van der Waals surface area contributed by atoms with E-state index < -0.39 is 0 Å². The Hall–Kier alpha value is -1.31. The van der Waals surface area contributed by atoms with E-state index in [0.717, 1.165) is 25.3 Å². The smallest absolute Gasteiger partial charge is 0.128 e. The van der Waals surface area contributed by atoms with Crippen molar-refractivity contribution in [2.75, 3.05) is 25.0 Å². The van der Waals surface area contributed by atoms with Gasteiger partial charge >= 0.3 is 0 Å². The van der Waals surface area contributed by atoms with E-state index in [1.54, 1.807) is 6.20 Å². The van der Waals surface area contributed by atoms with Crippen molar-refractivity contribution < 1.29 is 0 Å². The summed E-state index contributed by atoms with van der Waals surface area (Å²) >= 11 is 0. The van der Waals surface area contributed by atoms with Gasteiger partial charge in [0.1, 0.15) is 11.9 Å². The molecule has 1 saturated heterocycles. The van der Waals surface area contributed by atoms with Crippen molar-refractivity contribution in [1.82, 2.24) is 10.3 Å². The van der Waals surface area contributed by atoms with Crippen molar-refractivity contribution >= 4 is 18.2 Å². The summed E-state index contributed by atoms with van der Waals surface area (Å²) in [6, 6.07) is 6.36. The predicted molar refractivity (Wildman–Crippen MR) is 65.9 cm³/mol. The summed E-state index contributed by atoms with van der Waals surface area (Å²) in [4.78, 5) is 6.51. The van der Waals surface area contributed by atoms with Crippen molar-refractivity contribution in [2.24, 2.45) is 0 Å². The van der Waals surface area contributed by atoms with Crippen LogP contribution in [0, 0.1) is 11.3 Å². The molecule has 0 aromatic carbocycles. The molecular weight excluding hydrogens is 224 g/mol. The minimum Gasteiger partial charge on any atom is -0.355 e. The molecule has 5 heteroatoms. The average Bonchev–Trinajstić information content (AvgIpc) is 2.78. The van der Waals surface area contributed by atoms with E-state index in [1.807, 2.05) is 19.2 Å². The van der Waals surface area contributed by atoms with E-state index in [0.29, 0.717) is 11.6 Å². The van der Waals surface area contributed by atoms with Crippen LogP contribution in [-0.2, 0) is 0 Å². The number of hydrogen-bond acceptors (Lipinski definition) is 4. The maximum atomic E-state index is 8.66. The Morgan fingerprint density at radius 1 is 1.56 bits per heavy atom. The van der Waals surface area contributed by atoms with Gasteiger partial charge < -0.3 is 10.2 Å². The second-order valence-corrected chi connectivity index (χ2v) is 3.74. The van der Waals surface area contributed by atoms with Crippen LogP contribution in [-0.4, -0.2) is 31.2 Å². The summed E-state index contributed by atoms with van der Waals surface area (Å²) in [5.74, 6) is 0.965. The molecule has 1 aliphatic heterocycles. The third-order valence-electron chi connectivity index (χ3n) is 2.80. The second-order valence-electron chi connectivity index (χ2n) is 3.74. The maximum Gasteiger partial charge on any atom is 0.128 e. The van der Waals surface area contributed by atoms with Crippen LogP contribution in [0.4, 0.5) is 5.82 Å². The Morgan fingerprint density at radius 3 is 2.88 bits per heavy atom. The van der Waals surface area contributed by atoms with Crippen molar-refractivity contribution in [3.63, 3.8) is 0 Å². The molecule has 1 aliphatic rings. The lowest BCUT2D eigenvalue weighted by molar-refractivity contribution is 0.616. The molecule has 86 valence electrons. The lowest BCUT2D eigenvalue weighted by Gasteiger charge is -2.16. The minimum absolute atomic E-state index is 0. The SMILES string of the molecule is CNC1CCN(c2ccc(C#N)cn2)C1.Cl. The van der Waals surface area contributed by atoms with Gasteiger partial charge in [-0.25, -0.2) is 4.98 Å². The number of likely N-dealkylation sites (N-methyl/N-ethyl adjacent to an activating group) is 1. The van der Waals surface area contributed by atoms with Crippen LogP contribution in [0.2, 0.25) is 0 Å². The lowest BCUT2D eigenvalue weighted by atomic mass is 10.3. The molecule has 1 aromatic heterocycles. The Morgan fingerprint density at radius 2 is 2.38 bits per heavy atom. The summed E-state index contributed by atoms with van der Waals surface area (Å²) in [5.41, 5.74) is 0.614. The second kappa shape index (κ2) is 5.69. The van der Waals surface area contributed by atoms with Gasteiger partial charge in [0.15, 0.2) is 0 Å². The first kappa shape index (κ1) is 12.8. The molecule has 0 saturated carbocycles. The van der Waals surface area contributed by atoms with Gasteiger partial charge in [-0.1, -0.05) is 0 Å². The van der Waals surface area contributed by atoms with Gasteiger partial charge in [-0.05, 0) is 25.6 Å². The topological polar surface area (TPSA) is 52.0 Å². The molecule has 0 spiro atoms. The first-order valence-electron chi connectivity index (χ1n) is 5.12. The summed E-state index contributed by atoms with van der Waals surface area (Å²) in [6.07, 6.45) is 2.78. The fraction of sp³-hybridized carbons (Fsp3) is 0.455. The molecule has 1 unspecified atom stereocenters. The van der Waals surface area contributed by atoms with Crippen LogP contribution < -0.4 is 10.2 Å². The molecule has 2 heterocycles. The molecule has 0 aliphatic carbocycles. The van der Waals surface area contributed by atoms with E-state index in [9.17, 15) is 0 Å². The Labute approximate surface area is 102 Å². The van der Waals surface area contributed by atoms with E-state index in [-0.39, 0.29) is 12.4 Å². The highest BCUT2D eigenvalue weighted by molar-refractivity contribution is 5.85. The highest BCUT2D eigenvalue weighted by Gasteiger charge is 2.21. The zero-order valence-corrected chi connectivity index (χ0v) is 10.00. The molecule has 1 aromatic rings. The normalized spacial score (nSPS) is 19.0. The van der Waals surface area contributed by atoms with E-state index in [2.05, 4.69) is 21.3 Å².